The number of aliphatic hydroxyl groups is 8. The van der Waals surface area contributed by atoms with Gasteiger partial charge in [-0.3, -0.25) is 4.79 Å². The molecule has 2 saturated heterocycles. The molecule has 0 aliphatic carbocycles. The molecule has 0 radical (unpaired) electrons. The molecule has 9 N–H and O–H groups in total. The fourth-order valence-corrected chi connectivity index (χ4v) is 11.9. The maximum atomic E-state index is 13.4. The fraction of sp³-hybridized carbons (Fsp3) is 0.875. The fourth-order valence-electron chi connectivity index (χ4n) is 11.9. The number of carbonyl (C=O) groups excluding carboxylic acids is 1. The van der Waals surface area contributed by atoms with Crippen LogP contribution in [0.5, 0.6) is 0 Å². The van der Waals surface area contributed by atoms with Gasteiger partial charge in [-0.05, 0) is 51.4 Å². The summed E-state index contributed by atoms with van der Waals surface area (Å²) >= 11 is 0. The summed E-state index contributed by atoms with van der Waals surface area (Å²) in [5.41, 5.74) is 0. The van der Waals surface area contributed by atoms with Gasteiger partial charge in [-0.2, -0.15) is 0 Å². The molecule has 2 heterocycles. The van der Waals surface area contributed by atoms with Gasteiger partial charge in [-0.25, -0.2) is 0 Å². The van der Waals surface area contributed by atoms with Crippen LogP contribution in [0.1, 0.15) is 309 Å². The number of hydrogen-bond donors (Lipinski definition) is 9. The molecule has 0 aromatic rings. The zero-order chi connectivity index (χ0) is 62.3. The Kier molecular flexibility index (Phi) is 53.0. The average Bonchev–Trinajstić information content (AvgIpc) is 2.53. The van der Waals surface area contributed by atoms with Crippen LogP contribution >= 0.6 is 0 Å². The highest BCUT2D eigenvalue weighted by Crippen LogP contribution is 2.30. The van der Waals surface area contributed by atoms with E-state index >= 15 is 0 Å². The van der Waals surface area contributed by atoms with Crippen LogP contribution < -0.4 is 5.32 Å². The average molecular weight is 1220 g/mol. The van der Waals surface area contributed by atoms with E-state index in [2.05, 4.69) is 67.8 Å². The highest BCUT2D eigenvalue weighted by Gasteiger charge is 2.51. The first-order valence-electron chi connectivity index (χ1n) is 35.9. The van der Waals surface area contributed by atoms with Crippen LogP contribution in [0.15, 0.2) is 48.6 Å². The van der Waals surface area contributed by atoms with E-state index < -0.39 is 86.8 Å². The Hall–Kier alpha value is -2.05. The lowest BCUT2D eigenvalue weighted by Crippen LogP contribution is -2.65. The van der Waals surface area contributed by atoms with Crippen molar-refractivity contribution in [1.82, 2.24) is 5.32 Å². The van der Waals surface area contributed by atoms with Gasteiger partial charge >= 0.3 is 0 Å². The maximum Gasteiger partial charge on any atom is 0.220 e. The lowest BCUT2D eigenvalue weighted by atomic mass is 9.97. The quantitative estimate of drug-likeness (QED) is 0.0204. The third kappa shape index (κ3) is 40.6. The summed E-state index contributed by atoms with van der Waals surface area (Å²) in [7, 11) is 0. The Morgan fingerprint density at radius 2 is 0.802 bits per heavy atom. The molecule has 2 aliphatic rings. The molecular weight excluding hydrogens is 1090 g/mol. The minimum absolute atomic E-state index is 0.203. The predicted octanol–water partition coefficient (Wildman–Crippen LogP) is 14.7. The normalized spacial score (nSPS) is 23.7. The summed E-state index contributed by atoms with van der Waals surface area (Å²) in [6, 6.07) is -0.830. The van der Waals surface area contributed by atoms with Gasteiger partial charge < -0.3 is 65.1 Å². The second-order valence-electron chi connectivity index (χ2n) is 25.3. The minimum atomic E-state index is -1.78. The van der Waals surface area contributed by atoms with E-state index in [1.807, 2.05) is 0 Å². The Balaban J connectivity index is 1.65. The number of aliphatic hydroxyl groups excluding tert-OH is 8. The van der Waals surface area contributed by atoms with E-state index in [1.165, 1.54) is 205 Å². The van der Waals surface area contributed by atoms with Gasteiger partial charge in [0.05, 0.1) is 32.0 Å². The van der Waals surface area contributed by atoms with E-state index in [-0.39, 0.29) is 12.5 Å². The number of rotatable bonds is 59. The molecule has 0 spiro atoms. The monoisotopic (exact) mass is 1220 g/mol. The molecule has 1 amide bonds. The number of hydrogen-bond acceptors (Lipinski definition) is 13. The first kappa shape index (κ1) is 80.0. The molecule has 2 rings (SSSR count). The Morgan fingerprint density at radius 3 is 1.23 bits per heavy atom. The molecule has 0 aromatic heterocycles. The van der Waals surface area contributed by atoms with Gasteiger partial charge in [0, 0.05) is 6.42 Å². The molecule has 2 fully saturated rings. The van der Waals surface area contributed by atoms with Gasteiger partial charge in [0.1, 0.15) is 48.8 Å². The van der Waals surface area contributed by atoms with Crippen LogP contribution in [0.3, 0.4) is 0 Å². The van der Waals surface area contributed by atoms with Crippen molar-refractivity contribution in [3.05, 3.63) is 48.6 Å². The molecule has 12 atom stereocenters. The second kappa shape index (κ2) is 56.9. The van der Waals surface area contributed by atoms with Crippen LogP contribution in [0.25, 0.3) is 0 Å². The molecule has 86 heavy (non-hydrogen) atoms. The third-order valence-electron chi connectivity index (χ3n) is 17.6. The zero-order valence-corrected chi connectivity index (χ0v) is 54.8. The molecule has 12 unspecified atom stereocenters. The van der Waals surface area contributed by atoms with E-state index in [4.69, 9.17) is 18.9 Å². The number of amides is 1. The van der Waals surface area contributed by atoms with Crippen molar-refractivity contribution in [2.45, 2.75) is 383 Å². The molecular formula is C72H133NO13. The van der Waals surface area contributed by atoms with Crippen LogP contribution in [0.2, 0.25) is 0 Å². The molecule has 504 valence electrons. The van der Waals surface area contributed by atoms with Gasteiger partial charge in [0.25, 0.3) is 0 Å². The van der Waals surface area contributed by atoms with E-state index in [9.17, 15) is 45.6 Å². The summed E-state index contributed by atoms with van der Waals surface area (Å²) in [5, 5.41) is 87.7. The minimum Gasteiger partial charge on any atom is -0.394 e. The SMILES string of the molecule is CC/C=C\C/C=C\C/C=C\C/C=C\CCCCCCCCCCCCCCCCCCC(=O)NC(COC1OC(CO)C(OC2OC(CO)C(O)C(O)C2O)C(O)C1O)C(O)CCCCCCCCCCCCCCCCCCCCCCCCC. The summed E-state index contributed by atoms with van der Waals surface area (Å²) in [6.07, 6.45) is 56.9. The zero-order valence-electron chi connectivity index (χ0n) is 54.8. The smallest absolute Gasteiger partial charge is 0.220 e. The molecule has 2 aliphatic heterocycles. The lowest BCUT2D eigenvalue weighted by Gasteiger charge is -2.46. The van der Waals surface area contributed by atoms with Crippen molar-refractivity contribution in [2.24, 2.45) is 0 Å². The highest BCUT2D eigenvalue weighted by molar-refractivity contribution is 5.76. The van der Waals surface area contributed by atoms with Gasteiger partial charge in [-0.1, -0.05) is 300 Å². The molecule has 14 nitrogen and oxygen atoms in total. The number of allylic oxidation sites excluding steroid dienone is 8. The van der Waals surface area contributed by atoms with Crippen molar-refractivity contribution in [1.29, 1.82) is 0 Å². The van der Waals surface area contributed by atoms with Crippen LogP contribution in [0, 0.1) is 0 Å². The summed E-state index contributed by atoms with van der Waals surface area (Å²) in [6.45, 7) is 2.80. The van der Waals surface area contributed by atoms with Crippen LogP contribution in [-0.2, 0) is 23.7 Å². The van der Waals surface area contributed by atoms with Crippen molar-refractivity contribution >= 4 is 5.91 Å². The standard InChI is InChI=1S/C72H133NO13/c1-3-5-7-9-11-13-15-17-19-21-23-25-27-28-29-30-31-32-34-36-38-40-42-44-46-48-50-52-54-56-64(77)73-60(59-83-71-69(82)67(80)70(63(58-75)85-71)86-72-68(81)66(79)65(78)62(57-74)84-72)61(76)55-53-51-49-47-45-43-41-39-37-35-33-26-24-22-20-18-16-14-12-10-8-6-4-2/h5,7,11,13,17,19,23,25,60-63,65-72,74-76,78-82H,3-4,6,8-10,12,14-16,18,20-22,24,26-59H2,1-2H3,(H,73,77)/b7-5-,13-11-,19-17-,25-23-. The number of carbonyl (C=O) groups is 1. The Labute approximate surface area is 524 Å². The van der Waals surface area contributed by atoms with Gasteiger partial charge in [0.15, 0.2) is 12.6 Å². The lowest BCUT2D eigenvalue weighted by molar-refractivity contribution is -0.359. The van der Waals surface area contributed by atoms with Crippen molar-refractivity contribution in [3.63, 3.8) is 0 Å². The number of unbranched alkanes of at least 4 members (excludes halogenated alkanes) is 38. The first-order chi connectivity index (χ1) is 42.1. The van der Waals surface area contributed by atoms with Crippen LogP contribution in [-0.4, -0.2) is 140 Å². The topological polar surface area (TPSA) is 228 Å². The van der Waals surface area contributed by atoms with Crippen molar-refractivity contribution in [3.8, 4) is 0 Å². The molecule has 14 heteroatoms. The summed E-state index contributed by atoms with van der Waals surface area (Å²) < 4.78 is 22.9. The third-order valence-corrected chi connectivity index (χ3v) is 17.6. The van der Waals surface area contributed by atoms with Crippen LogP contribution in [0.4, 0.5) is 0 Å². The van der Waals surface area contributed by atoms with E-state index in [0.29, 0.717) is 12.8 Å². The second-order valence-corrected chi connectivity index (χ2v) is 25.3. The van der Waals surface area contributed by atoms with E-state index in [0.717, 1.165) is 77.0 Å². The van der Waals surface area contributed by atoms with Gasteiger partial charge in [-0.15, -0.1) is 0 Å². The molecule has 0 bridgehead atoms. The van der Waals surface area contributed by atoms with E-state index in [1.54, 1.807) is 0 Å². The molecule has 0 aromatic carbocycles. The Bertz CT molecular complexity index is 1630. The van der Waals surface area contributed by atoms with Gasteiger partial charge in [0.2, 0.25) is 5.91 Å². The maximum absolute atomic E-state index is 13.4. The molecule has 0 saturated carbocycles. The summed E-state index contributed by atoms with van der Waals surface area (Å²) in [5.74, 6) is -0.203. The summed E-state index contributed by atoms with van der Waals surface area (Å²) in [4.78, 5) is 13.4. The largest absolute Gasteiger partial charge is 0.394 e. The van der Waals surface area contributed by atoms with Crippen molar-refractivity contribution < 1.29 is 64.6 Å². The highest BCUT2D eigenvalue weighted by atomic mass is 16.7. The predicted molar refractivity (Wildman–Crippen MR) is 351 cm³/mol. The Morgan fingerprint density at radius 1 is 0.430 bits per heavy atom. The first-order valence-corrected chi connectivity index (χ1v) is 35.9. The van der Waals surface area contributed by atoms with Crippen molar-refractivity contribution in [2.75, 3.05) is 19.8 Å². The number of ether oxygens (including phenoxy) is 4. The number of nitrogens with one attached hydrogen (secondary N) is 1.